The molecule has 36 heavy (non-hydrogen) atoms. The van der Waals surface area contributed by atoms with Crippen molar-refractivity contribution >= 4 is 11.6 Å². The summed E-state index contributed by atoms with van der Waals surface area (Å²) in [5.41, 5.74) is 3.61. The van der Waals surface area contributed by atoms with E-state index in [2.05, 4.69) is 27.4 Å². The average Bonchev–Trinajstić information content (AvgIpc) is 3.18. The van der Waals surface area contributed by atoms with Gasteiger partial charge in [-0.3, -0.25) is 24.5 Å². The first-order valence-corrected chi connectivity index (χ1v) is 12.3. The highest BCUT2D eigenvalue weighted by atomic mass is 16.6. The third-order valence-electron chi connectivity index (χ3n) is 6.86. The van der Waals surface area contributed by atoms with E-state index >= 15 is 0 Å². The molecule has 1 aliphatic rings. The zero-order chi connectivity index (χ0) is 25.7. The largest absolute Gasteiger partial charge is 0.497 e. The number of likely N-dealkylation sites (tertiary alicyclic amines) is 1. The van der Waals surface area contributed by atoms with Gasteiger partial charge in [0.1, 0.15) is 17.1 Å². The minimum atomic E-state index is -0.398. The van der Waals surface area contributed by atoms with Crippen LogP contribution in [0.15, 0.2) is 48.5 Å². The van der Waals surface area contributed by atoms with Crippen molar-refractivity contribution in [1.82, 2.24) is 20.0 Å². The van der Waals surface area contributed by atoms with E-state index < -0.39 is 4.92 Å². The van der Waals surface area contributed by atoms with Gasteiger partial charge >= 0.3 is 5.69 Å². The standard InChI is InChI=1S/C27H33N5O4/c1-19-26(32(34)35)20(2)31(29-19)18-21-7-9-23(10-8-21)27(33)28-17-25(30-15-5-4-6-16-30)22-11-13-24(36-3)14-12-22/h7-14,25H,4-6,15-18H2,1-3H3,(H,28,33). The zero-order valence-electron chi connectivity index (χ0n) is 21.1. The predicted octanol–water partition coefficient (Wildman–Crippen LogP) is 4.42. The number of amides is 1. The molecule has 0 aliphatic carbocycles. The van der Waals surface area contributed by atoms with Crippen LogP contribution in [0.1, 0.15) is 58.2 Å². The quantitative estimate of drug-likeness (QED) is 0.351. The number of nitro groups is 1. The Balaban J connectivity index is 1.42. The van der Waals surface area contributed by atoms with Crippen molar-refractivity contribution in [3.8, 4) is 5.75 Å². The van der Waals surface area contributed by atoms with Gasteiger partial charge in [0.05, 0.1) is 24.6 Å². The Morgan fingerprint density at radius 1 is 1.08 bits per heavy atom. The SMILES string of the molecule is COc1ccc(C(CNC(=O)c2ccc(Cn3nc(C)c([N+](=O)[O-])c3C)cc2)N2CCCCC2)cc1. The number of aryl methyl sites for hydroxylation is 1. The maximum absolute atomic E-state index is 13.0. The smallest absolute Gasteiger partial charge is 0.312 e. The second-order valence-electron chi connectivity index (χ2n) is 9.23. The molecule has 1 unspecified atom stereocenters. The number of methoxy groups -OCH3 is 1. The molecule has 0 saturated carbocycles. The van der Waals surface area contributed by atoms with Crippen LogP contribution in [-0.2, 0) is 6.54 Å². The monoisotopic (exact) mass is 491 g/mol. The molecule has 4 rings (SSSR count). The van der Waals surface area contributed by atoms with Gasteiger partial charge in [0.25, 0.3) is 5.91 Å². The van der Waals surface area contributed by atoms with Crippen molar-refractivity contribution in [2.75, 3.05) is 26.7 Å². The van der Waals surface area contributed by atoms with Crippen molar-refractivity contribution in [3.63, 3.8) is 0 Å². The number of benzene rings is 2. The molecular weight excluding hydrogens is 458 g/mol. The number of hydrogen-bond acceptors (Lipinski definition) is 6. The topological polar surface area (TPSA) is 103 Å². The Labute approximate surface area is 211 Å². The molecule has 1 atom stereocenters. The van der Waals surface area contributed by atoms with E-state index in [-0.39, 0.29) is 17.6 Å². The van der Waals surface area contributed by atoms with Gasteiger partial charge in [0, 0.05) is 12.1 Å². The molecule has 1 aliphatic heterocycles. The van der Waals surface area contributed by atoms with Gasteiger partial charge in [-0.1, -0.05) is 30.7 Å². The van der Waals surface area contributed by atoms with Crippen molar-refractivity contribution < 1.29 is 14.5 Å². The number of carbonyl (C=O) groups is 1. The molecule has 2 heterocycles. The van der Waals surface area contributed by atoms with Crippen LogP contribution in [0.25, 0.3) is 0 Å². The van der Waals surface area contributed by atoms with Gasteiger partial charge in [-0.15, -0.1) is 0 Å². The Morgan fingerprint density at radius 3 is 2.33 bits per heavy atom. The Kier molecular flexibility index (Phi) is 8.00. The molecule has 190 valence electrons. The maximum atomic E-state index is 13.0. The van der Waals surface area contributed by atoms with E-state index in [0.29, 0.717) is 30.0 Å². The van der Waals surface area contributed by atoms with E-state index in [1.807, 2.05) is 24.3 Å². The lowest BCUT2D eigenvalue weighted by Crippen LogP contribution is -2.40. The van der Waals surface area contributed by atoms with Gasteiger partial charge in [-0.2, -0.15) is 5.10 Å². The summed E-state index contributed by atoms with van der Waals surface area (Å²) in [7, 11) is 1.66. The molecule has 0 spiro atoms. The third-order valence-corrected chi connectivity index (χ3v) is 6.86. The van der Waals surface area contributed by atoms with Gasteiger partial charge < -0.3 is 10.1 Å². The minimum absolute atomic E-state index is 0.0473. The first kappa shape index (κ1) is 25.4. The first-order valence-electron chi connectivity index (χ1n) is 12.3. The molecule has 1 aromatic heterocycles. The summed E-state index contributed by atoms with van der Waals surface area (Å²) in [5.74, 6) is 0.689. The van der Waals surface area contributed by atoms with Crippen LogP contribution in [0, 0.1) is 24.0 Å². The van der Waals surface area contributed by atoms with E-state index in [0.717, 1.165) is 30.0 Å². The summed E-state index contributed by atoms with van der Waals surface area (Å²) < 4.78 is 6.93. The van der Waals surface area contributed by atoms with E-state index in [1.165, 1.54) is 19.3 Å². The Morgan fingerprint density at radius 2 is 1.75 bits per heavy atom. The lowest BCUT2D eigenvalue weighted by molar-refractivity contribution is -0.386. The summed E-state index contributed by atoms with van der Waals surface area (Å²) in [4.78, 5) is 26.3. The van der Waals surface area contributed by atoms with Crippen molar-refractivity contribution in [3.05, 3.63) is 86.7 Å². The van der Waals surface area contributed by atoms with E-state index in [9.17, 15) is 14.9 Å². The fourth-order valence-electron chi connectivity index (χ4n) is 4.85. The lowest BCUT2D eigenvalue weighted by atomic mass is 10.0. The Bertz CT molecular complexity index is 1200. The molecule has 0 radical (unpaired) electrons. The van der Waals surface area contributed by atoms with Crippen LogP contribution in [0.3, 0.4) is 0 Å². The van der Waals surface area contributed by atoms with Crippen molar-refractivity contribution in [2.24, 2.45) is 0 Å². The highest BCUT2D eigenvalue weighted by Crippen LogP contribution is 2.26. The number of nitrogens with one attached hydrogen (secondary N) is 1. The number of hydrogen-bond donors (Lipinski definition) is 1. The maximum Gasteiger partial charge on any atom is 0.312 e. The minimum Gasteiger partial charge on any atom is -0.497 e. The van der Waals surface area contributed by atoms with Crippen LogP contribution in [0.2, 0.25) is 0 Å². The second kappa shape index (κ2) is 11.3. The molecule has 9 nitrogen and oxygen atoms in total. The van der Waals surface area contributed by atoms with E-state index in [1.54, 1.807) is 37.8 Å². The highest BCUT2D eigenvalue weighted by molar-refractivity contribution is 5.94. The van der Waals surface area contributed by atoms with Crippen LogP contribution >= 0.6 is 0 Å². The summed E-state index contributed by atoms with van der Waals surface area (Å²) in [5, 5.41) is 18.7. The number of rotatable bonds is 9. The second-order valence-corrected chi connectivity index (χ2v) is 9.23. The number of ether oxygens (including phenoxy) is 1. The number of aromatic nitrogens is 2. The molecule has 1 amide bonds. The molecular formula is C27H33N5O4. The first-order chi connectivity index (χ1) is 17.4. The fourth-order valence-corrected chi connectivity index (χ4v) is 4.85. The number of nitrogens with zero attached hydrogens (tertiary/aromatic N) is 4. The zero-order valence-corrected chi connectivity index (χ0v) is 21.1. The van der Waals surface area contributed by atoms with Crippen molar-refractivity contribution in [2.45, 2.75) is 45.7 Å². The summed E-state index contributed by atoms with van der Waals surface area (Å²) in [6, 6.07) is 15.5. The molecule has 1 fully saturated rings. The lowest BCUT2D eigenvalue weighted by Gasteiger charge is -2.35. The number of piperidine rings is 1. The molecule has 3 aromatic rings. The molecule has 1 saturated heterocycles. The highest BCUT2D eigenvalue weighted by Gasteiger charge is 2.24. The van der Waals surface area contributed by atoms with Crippen molar-refractivity contribution in [1.29, 1.82) is 0 Å². The van der Waals surface area contributed by atoms with Crippen LogP contribution in [-0.4, -0.2) is 52.3 Å². The predicted molar refractivity (Wildman–Crippen MR) is 137 cm³/mol. The molecule has 1 N–H and O–H groups in total. The number of carbonyl (C=O) groups excluding carboxylic acids is 1. The van der Waals surface area contributed by atoms with E-state index in [4.69, 9.17) is 4.74 Å². The van der Waals surface area contributed by atoms with Gasteiger partial charge in [0.15, 0.2) is 0 Å². The van der Waals surface area contributed by atoms with Crippen LogP contribution in [0.4, 0.5) is 5.69 Å². The molecule has 2 aromatic carbocycles. The summed E-state index contributed by atoms with van der Waals surface area (Å²) >= 11 is 0. The average molecular weight is 492 g/mol. The normalized spacial score (nSPS) is 14.9. The summed E-state index contributed by atoms with van der Waals surface area (Å²) in [6.07, 6.45) is 3.58. The molecule has 0 bridgehead atoms. The molecule has 9 heteroatoms. The fraction of sp³-hybridized carbons (Fsp3) is 0.407. The van der Waals surface area contributed by atoms with Gasteiger partial charge in [-0.25, -0.2) is 0 Å². The third kappa shape index (κ3) is 5.73. The van der Waals surface area contributed by atoms with Gasteiger partial charge in [0.2, 0.25) is 0 Å². The van der Waals surface area contributed by atoms with Crippen LogP contribution in [0.5, 0.6) is 5.75 Å². The van der Waals surface area contributed by atoms with Crippen LogP contribution < -0.4 is 10.1 Å². The Hall–Kier alpha value is -3.72. The van der Waals surface area contributed by atoms with Gasteiger partial charge in [-0.05, 0) is 75.2 Å². The summed E-state index contributed by atoms with van der Waals surface area (Å²) in [6.45, 7) is 6.29.